The van der Waals surface area contributed by atoms with Crippen molar-refractivity contribution in [2.75, 3.05) is 26.1 Å². The fourth-order valence-corrected chi connectivity index (χ4v) is 3.64. The second-order valence-electron chi connectivity index (χ2n) is 7.30. The molecule has 0 N–H and O–H groups in total. The summed E-state index contributed by atoms with van der Waals surface area (Å²) in [5, 5.41) is 0.571. The van der Waals surface area contributed by atoms with Gasteiger partial charge in [0.1, 0.15) is 12.4 Å². The van der Waals surface area contributed by atoms with Crippen LogP contribution in [0.4, 0.5) is 5.69 Å². The Morgan fingerprint density at radius 2 is 1.90 bits per heavy atom. The quantitative estimate of drug-likeness (QED) is 0.496. The highest BCUT2D eigenvalue weighted by molar-refractivity contribution is 5.82. The minimum Gasteiger partial charge on any atom is -0.378 e. The van der Waals surface area contributed by atoms with Crippen LogP contribution < -0.4 is 10.5 Å². The van der Waals surface area contributed by atoms with Crippen molar-refractivity contribution in [1.29, 1.82) is 0 Å². The second kappa shape index (κ2) is 8.40. The lowest BCUT2D eigenvalue weighted by Gasteiger charge is -2.23. The molecule has 0 aliphatic rings. The predicted molar refractivity (Wildman–Crippen MR) is 119 cm³/mol. The summed E-state index contributed by atoms with van der Waals surface area (Å²) in [7, 11) is 5.51. The van der Waals surface area contributed by atoms with E-state index in [2.05, 4.69) is 12.1 Å². The van der Waals surface area contributed by atoms with Crippen molar-refractivity contribution in [3.8, 4) is 0 Å². The molecule has 0 amide bonds. The Kier molecular flexibility index (Phi) is 5.51. The monoisotopic (exact) mass is 397 g/mol. The van der Waals surface area contributed by atoms with E-state index < -0.39 is 0 Å². The van der Waals surface area contributed by atoms with Crippen LogP contribution in [0.15, 0.2) is 71.5 Å². The number of hydrogen-bond acceptors (Lipinski definition) is 4. The summed E-state index contributed by atoms with van der Waals surface area (Å²) in [5.74, 6) is 0.568. The summed E-state index contributed by atoms with van der Waals surface area (Å²) < 4.78 is 7.13. The number of ether oxygens (including phenoxy) is 1. The number of anilines is 1. The van der Waals surface area contributed by atoms with Crippen molar-refractivity contribution in [2.45, 2.75) is 12.6 Å². The fourth-order valence-electron chi connectivity index (χ4n) is 3.64. The number of nitrogens with zero attached hydrogens (tertiary/aromatic N) is 3. The molecule has 5 heteroatoms. The molecule has 0 fully saturated rings. The Morgan fingerprint density at radius 1 is 1.10 bits per heavy atom. The number of rotatable bonds is 6. The van der Waals surface area contributed by atoms with Crippen LogP contribution in [0.3, 0.4) is 0 Å². The van der Waals surface area contributed by atoms with E-state index in [9.17, 15) is 4.79 Å². The first-order valence-electron chi connectivity index (χ1n) is 9.75. The number of hydrogen-bond donors (Lipinski definition) is 0. The van der Waals surface area contributed by atoms with Crippen LogP contribution in [0.5, 0.6) is 0 Å². The summed E-state index contributed by atoms with van der Waals surface area (Å²) in [6.45, 7) is 0.223. The first-order chi connectivity index (χ1) is 14.6. The molecule has 0 aliphatic heterocycles. The second-order valence-corrected chi connectivity index (χ2v) is 7.30. The molecule has 3 aromatic carbocycles. The largest absolute Gasteiger partial charge is 0.378 e. The average Bonchev–Trinajstić information content (AvgIpc) is 2.77. The van der Waals surface area contributed by atoms with Gasteiger partial charge in [0.15, 0.2) is 0 Å². The zero-order chi connectivity index (χ0) is 21.1. The molecule has 0 spiro atoms. The zero-order valence-corrected chi connectivity index (χ0v) is 17.3. The topological polar surface area (TPSA) is 47.4 Å². The molecule has 1 heterocycles. The molecule has 5 nitrogen and oxygen atoms in total. The molecule has 0 aliphatic carbocycles. The first-order valence-corrected chi connectivity index (χ1v) is 9.75. The lowest BCUT2D eigenvalue weighted by Crippen LogP contribution is -2.31. The van der Waals surface area contributed by atoms with Gasteiger partial charge in [0, 0.05) is 32.5 Å². The Balaban J connectivity index is 2.05. The summed E-state index contributed by atoms with van der Waals surface area (Å²) >= 11 is 0. The molecule has 1 aromatic heterocycles. The Bertz CT molecular complexity index is 1160. The zero-order valence-electron chi connectivity index (χ0n) is 17.3. The van der Waals surface area contributed by atoms with Crippen molar-refractivity contribution in [1.82, 2.24) is 9.55 Å². The molecule has 30 heavy (non-hydrogen) atoms. The van der Waals surface area contributed by atoms with E-state index in [0.29, 0.717) is 16.7 Å². The average molecular weight is 397 g/mol. The third kappa shape index (κ3) is 3.66. The van der Waals surface area contributed by atoms with Gasteiger partial charge in [-0.1, -0.05) is 48.5 Å². The minimum absolute atomic E-state index is 0.109. The SMILES string of the molecule is COCc1nc2ccc(N(C)C)cc2c(=O)n1C(c1c#cccc1)c1ccccc1. The summed E-state index contributed by atoms with van der Waals surface area (Å²) in [5.41, 5.74) is 3.31. The highest BCUT2D eigenvalue weighted by Crippen LogP contribution is 2.27. The molecular weight excluding hydrogens is 374 g/mol. The third-order valence-corrected chi connectivity index (χ3v) is 5.09. The molecule has 0 saturated carbocycles. The van der Waals surface area contributed by atoms with Crippen molar-refractivity contribution >= 4 is 16.6 Å². The van der Waals surface area contributed by atoms with Gasteiger partial charge in [-0.25, -0.2) is 4.98 Å². The number of fused-ring (bicyclic) bond motifs is 1. The summed E-state index contributed by atoms with van der Waals surface area (Å²) in [6.07, 6.45) is 0. The van der Waals surface area contributed by atoms with Crippen molar-refractivity contribution in [3.63, 3.8) is 0 Å². The van der Waals surface area contributed by atoms with Crippen LogP contribution in [-0.2, 0) is 11.3 Å². The van der Waals surface area contributed by atoms with Crippen molar-refractivity contribution < 1.29 is 4.74 Å². The van der Waals surface area contributed by atoms with Gasteiger partial charge in [-0.3, -0.25) is 9.36 Å². The van der Waals surface area contributed by atoms with E-state index in [1.165, 1.54) is 0 Å². The van der Waals surface area contributed by atoms with E-state index in [0.717, 1.165) is 16.8 Å². The first kappa shape index (κ1) is 19.7. The third-order valence-electron chi connectivity index (χ3n) is 5.09. The lowest BCUT2D eigenvalue weighted by molar-refractivity contribution is 0.172. The molecule has 150 valence electrons. The fraction of sp³-hybridized carbons (Fsp3) is 0.200. The van der Waals surface area contributed by atoms with Gasteiger partial charge in [0.2, 0.25) is 0 Å². The van der Waals surface area contributed by atoms with Crippen LogP contribution >= 0.6 is 0 Å². The highest BCUT2D eigenvalue weighted by Gasteiger charge is 2.23. The molecule has 1 unspecified atom stereocenters. The predicted octanol–water partition coefficient (Wildman–Crippen LogP) is 3.85. The number of aromatic nitrogens is 2. The number of methoxy groups -OCH3 is 1. The van der Waals surface area contributed by atoms with E-state index in [1.807, 2.05) is 79.7 Å². The van der Waals surface area contributed by atoms with Crippen molar-refractivity contribution in [3.05, 3.63) is 106 Å². The van der Waals surface area contributed by atoms with Crippen LogP contribution in [0.2, 0.25) is 0 Å². The van der Waals surface area contributed by atoms with E-state index in [4.69, 9.17) is 9.72 Å². The molecule has 1 atom stereocenters. The molecule has 4 rings (SSSR count). The van der Waals surface area contributed by atoms with Gasteiger partial charge < -0.3 is 9.64 Å². The Morgan fingerprint density at radius 3 is 2.57 bits per heavy atom. The van der Waals surface area contributed by atoms with Crippen LogP contribution in [0, 0.1) is 12.1 Å². The smallest absolute Gasteiger partial charge is 0.262 e. The van der Waals surface area contributed by atoms with Crippen LogP contribution in [0.25, 0.3) is 10.9 Å². The Labute approximate surface area is 176 Å². The van der Waals surface area contributed by atoms with Crippen LogP contribution in [-0.4, -0.2) is 30.8 Å². The normalized spacial score (nSPS) is 10.9. The molecular formula is C25H23N3O2. The van der Waals surface area contributed by atoms with Gasteiger partial charge in [-0.15, -0.1) is 0 Å². The highest BCUT2D eigenvalue weighted by atomic mass is 16.5. The Hall–Kier alpha value is -3.62. The van der Waals surface area contributed by atoms with E-state index in [1.54, 1.807) is 17.7 Å². The van der Waals surface area contributed by atoms with Crippen molar-refractivity contribution in [2.24, 2.45) is 0 Å². The van der Waals surface area contributed by atoms with E-state index >= 15 is 0 Å². The summed E-state index contributed by atoms with van der Waals surface area (Å²) in [6, 6.07) is 27.1. The van der Waals surface area contributed by atoms with Gasteiger partial charge >= 0.3 is 0 Å². The lowest BCUT2D eigenvalue weighted by atomic mass is 9.99. The standard InChI is InChI=1S/C25H23N3O2/c1-27(2)20-14-15-22-21(16-20)25(29)28(23(26-22)17-30-3)24(18-10-6-4-7-11-18)19-12-8-5-9-13-19/h4-8,10-12,14-16,24H,17H2,1-3H3. The van der Waals surface area contributed by atoms with Crippen LogP contribution in [0.1, 0.15) is 23.0 Å². The molecule has 4 aromatic rings. The van der Waals surface area contributed by atoms with Gasteiger partial charge in [0.25, 0.3) is 5.56 Å². The molecule has 0 radical (unpaired) electrons. The maximum absolute atomic E-state index is 13.8. The van der Waals surface area contributed by atoms with Gasteiger partial charge in [0.05, 0.1) is 16.9 Å². The molecule has 0 saturated heterocycles. The summed E-state index contributed by atoms with van der Waals surface area (Å²) in [4.78, 5) is 20.6. The number of benzene rings is 2. The maximum atomic E-state index is 13.8. The maximum Gasteiger partial charge on any atom is 0.262 e. The minimum atomic E-state index is -0.388. The van der Waals surface area contributed by atoms with Gasteiger partial charge in [-0.05, 0) is 35.9 Å². The van der Waals surface area contributed by atoms with E-state index in [-0.39, 0.29) is 18.2 Å². The molecule has 0 bridgehead atoms. The van der Waals surface area contributed by atoms with Gasteiger partial charge in [-0.2, -0.15) is 0 Å².